The van der Waals surface area contributed by atoms with Gasteiger partial charge in [-0.25, -0.2) is 0 Å². The summed E-state index contributed by atoms with van der Waals surface area (Å²) in [6.07, 6.45) is 13.2. The van der Waals surface area contributed by atoms with Crippen LogP contribution in [0.3, 0.4) is 0 Å². The lowest BCUT2D eigenvalue weighted by atomic mass is 9.91. The maximum atomic E-state index is 10.8. The van der Waals surface area contributed by atoms with Gasteiger partial charge in [-0.1, -0.05) is 78.2 Å². The minimum Gasteiger partial charge on any atom is -0.276 e. The van der Waals surface area contributed by atoms with Crippen LogP contribution in [0.15, 0.2) is 11.6 Å². The highest BCUT2D eigenvalue weighted by molar-refractivity contribution is 6.66. The van der Waals surface area contributed by atoms with E-state index >= 15 is 0 Å². The highest BCUT2D eigenvalue weighted by Gasteiger charge is 2.06. The van der Waals surface area contributed by atoms with Crippen LogP contribution >= 0.6 is 11.6 Å². The maximum absolute atomic E-state index is 10.8. The van der Waals surface area contributed by atoms with Crippen LogP contribution in [-0.4, -0.2) is 5.24 Å². The van der Waals surface area contributed by atoms with Gasteiger partial charge < -0.3 is 0 Å². The van der Waals surface area contributed by atoms with Crippen molar-refractivity contribution in [2.75, 3.05) is 0 Å². The second kappa shape index (κ2) is 13.2. The molecule has 0 rings (SSSR count). The fraction of sp³-hybridized carbons (Fsp3) is 0.850. The van der Waals surface area contributed by atoms with E-state index in [2.05, 4.69) is 27.7 Å². The smallest absolute Gasteiger partial charge is 0.245 e. The Morgan fingerprint density at radius 3 is 1.77 bits per heavy atom. The molecule has 0 saturated carbocycles. The van der Waals surface area contributed by atoms with Gasteiger partial charge in [0.2, 0.25) is 5.24 Å². The third-order valence-electron chi connectivity index (χ3n) is 4.50. The predicted molar refractivity (Wildman–Crippen MR) is 99.3 cm³/mol. The summed E-state index contributed by atoms with van der Waals surface area (Å²) in [6.45, 7) is 11.4. The van der Waals surface area contributed by atoms with E-state index in [0.717, 1.165) is 36.2 Å². The van der Waals surface area contributed by atoms with Crippen LogP contribution in [0.5, 0.6) is 0 Å². The van der Waals surface area contributed by atoms with E-state index in [1.807, 2.05) is 6.92 Å². The maximum Gasteiger partial charge on any atom is 0.245 e. The molecule has 0 N–H and O–H groups in total. The molecular formula is C20H37ClO. The molecule has 0 fully saturated rings. The van der Waals surface area contributed by atoms with Crippen molar-refractivity contribution in [3.05, 3.63) is 11.6 Å². The molecule has 2 atom stereocenters. The Labute approximate surface area is 143 Å². The third kappa shape index (κ3) is 14.6. The first kappa shape index (κ1) is 21.7. The predicted octanol–water partition coefficient (Wildman–Crippen LogP) is 7.14. The fourth-order valence-corrected chi connectivity index (χ4v) is 3.16. The molecule has 0 aromatic carbocycles. The molecule has 0 aliphatic carbocycles. The zero-order valence-corrected chi connectivity index (χ0v) is 16.2. The molecule has 0 saturated heterocycles. The van der Waals surface area contributed by atoms with E-state index < -0.39 is 0 Å². The zero-order chi connectivity index (χ0) is 17.0. The quantitative estimate of drug-likeness (QED) is 0.259. The molecule has 1 nitrogen and oxygen atoms in total. The van der Waals surface area contributed by atoms with Crippen LogP contribution < -0.4 is 0 Å². The molecule has 0 aliphatic rings. The van der Waals surface area contributed by atoms with Crippen molar-refractivity contribution in [1.82, 2.24) is 0 Å². The third-order valence-corrected chi connectivity index (χ3v) is 4.61. The van der Waals surface area contributed by atoms with Gasteiger partial charge in [0, 0.05) is 0 Å². The van der Waals surface area contributed by atoms with Crippen molar-refractivity contribution < 1.29 is 4.79 Å². The van der Waals surface area contributed by atoms with E-state index in [9.17, 15) is 4.79 Å². The number of carbonyl (C=O) groups excluding carboxylic acids is 1. The summed E-state index contributed by atoms with van der Waals surface area (Å²) < 4.78 is 0. The van der Waals surface area contributed by atoms with Crippen LogP contribution in [0.2, 0.25) is 0 Å². The summed E-state index contributed by atoms with van der Waals surface area (Å²) in [4.78, 5) is 10.8. The van der Waals surface area contributed by atoms with Gasteiger partial charge in [-0.2, -0.15) is 0 Å². The van der Waals surface area contributed by atoms with Gasteiger partial charge >= 0.3 is 0 Å². The van der Waals surface area contributed by atoms with Gasteiger partial charge in [0.25, 0.3) is 0 Å². The van der Waals surface area contributed by atoms with Gasteiger partial charge in [0.05, 0.1) is 0 Å². The van der Waals surface area contributed by atoms with E-state index in [1.54, 1.807) is 6.08 Å². The lowest BCUT2D eigenvalue weighted by Gasteiger charge is -2.15. The lowest BCUT2D eigenvalue weighted by molar-refractivity contribution is -0.107. The van der Waals surface area contributed by atoms with Crippen molar-refractivity contribution in [2.45, 2.75) is 92.4 Å². The Balaban J connectivity index is 3.60. The van der Waals surface area contributed by atoms with Crippen molar-refractivity contribution in [3.63, 3.8) is 0 Å². The van der Waals surface area contributed by atoms with Gasteiger partial charge in [0.15, 0.2) is 0 Å². The van der Waals surface area contributed by atoms with E-state index in [0.29, 0.717) is 0 Å². The molecule has 2 heteroatoms. The number of allylic oxidation sites excluding steroid dienone is 2. The number of halogens is 1. The average Bonchev–Trinajstić information content (AvgIpc) is 2.37. The summed E-state index contributed by atoms with van der Waals surface area (Å²) in [5, 5.41) is -0.350. The number of carbonyl (C=O) groups is 1. The Hall–Kier alpha value is -0.300. The molecular weight excluding hydrogens is 292 g/mol. The van der Waals surface area contributed by atoms with Gasteiger partial charge in [0.1, 0.15) is 0 Å². The molecule has 0 aliphatic heterocycles. The summed E-state index contributed by atoms with van der Waals surface area (Å²) in [5.74, 6) is 2.52. The SMILES string of the molecule is CC(=CC(=O)Cl)CCCC(C)CCCC(C)CCCC(C)C. The van der Waals surface area contributed by atoms with E-state index in [1.165, 1.54) is 44.9 Å². The molecule has 0 spiro atoms. The molecule has 0 aromatic heterocycles. The number of hydrogen-bond acceptors (Lipinski definition) is 1. The first-order valence-corrected chi connectivity index (χ1v) is 9.55. The van der Waals surface area contributed by atoms with Crippen LogP contribution in [0, 0.1) is 17.8 Å². The standard InChI is InChI=1S/C20H37ClO/c1-16(2)9-6-10-17(3)11-7-12-18(4)13-8-14-19(5)15-20(21)22/h15-18H,6-14H2,1-5H3. The first-order chi connectivity index (χ1) is 10.3. The average molecular weight is 329 g/mol. The monoisotopic (exact) mass is 328 g/mol. The van der Waals surface area contributed by atoms with E-state index in [4.69, 9.17) is 11.6 Å². The highest BCUT2D eigenvalue weighted by Crippen LogP contribution is 2.22. The summed E-state index contributed by atoms with van der Waals surface area (Å²) >= 11 is 5.35. The minimum absolute atomic E-state index is 0.350. The fourth-order valence-electron chi connectivity index (χ4n) is 2.97. The molecule has 0 radical (unpaired) electrons. The van der Waals surface area contributed by atoms with Crippen LogP contribution in [-0.2, 0) is 4.79 Å². The summed E-state index contributed by atoms with van der Waals surface area (Å²) in [5.41, 5.74) is 1.10. The molecule has 130 valence electrons. The second-order valence-electron chi connectivity index (χ2n) is 7.65. The zero-order valence-electron chi connectivity index (χ0n) is 15.5. The van der Waals surface area contributed by atoms with Gasteiger partial charge in [-0.3, -0.25) is 4.79 Å². The second-order valence-corrected chi connectivity index (χ2v) is 8.03. The van der Waals surface area contributed by atoms with Crippen molar-refractivity contribution in [3.8, 4) is 0 Å². The normalized spacial score (nSPS) is 15.1. The Bertz CT molecular complexity index is 320. The largest absolute Gasteiger partial charge is 0.276 e. The number of rotatable bonds is 13. The van der Waals surface area contributed by atoms with Crippen molar-refractivity contribution >= 4 is 16.8 Å². The molecule has 22 heavy (non-hydrogen) atoms. The van der Waals surface area contributed by atoms with Gasteiger partial charge in [-0.05, 0) is 55.2 Å². The van der Waals surface area contributed by atoms with Gasteiger partial charge in [-0.15, -0.1) is 0 Å². The van der Waals surface area contributed by atoms with Crippen LogP contribution in [0.25, 0.3) is 0 Å². The first-order valence-electron chi connectivity index (χ1n) is 9.17. The molecule has 2 unspecified atom stereocenters. The Morgan fingerprint density at radius 2 is 1.32 bits per heavy atom. The molecule has 0 amide bonds. The Kier molecular flexibility index (Phi) is 13.0. The lowest BCUT2D eigenvalue weighted by Crippen LogP contribution is -2.00. The Morgan fingerprint density at radius 1 is 0.864 bits per heavy atom. The molecule has 0 heterocycles. The number of hydrogen-bond donors (Lipinski definition) is 0. The molecule has 0 bridgehead atoms. The van der Waals surface area contributed by atoms with Crippen molar-refractivity contribution in [1.29, 1.82) is 0 Å². The minimum atomic E-state index is -0.350. The van der Waals surface area contributed by atoms with E-state index in [-0.39, 0.29) is 5.24 Å². The highest BCUT2D eigenvalue weighted by atomic mass is 35.5. The summed E-state index contributed by atoms with van der Waals surface area (Å²) in [6, 6.07) is 0. The van der Waals surface area contributed by atoms with Crippen LogP contribution in [0.1, 0.15) is 92.4 Å². The van der Waals surface area contributed by atoms with Crippen molar-refractivity contribution in [2.24, 2.45) is 17.8 Å². The molecule has 0 aromatic rings. The summed E-state index contributed by atoms with van der Waals surface area (Å²) in [7, 11) is 0. The topological polar surface area (TPSA) is 17.1 Å². The van der Waals surface area contributed by atoms with Crippen LogP contribution in [0.4, 0.5) is 0 Å².